The van der Waals surface area contributed by atoms with Gasteiger partial charge in [-0.25, -0.2) is 9.37 Å². The van der Waals surface area contributed by atoms with Crippen molar-refractivity contribution in [3.8, 4) is 0 Å². The molecule has 2 nitrogen and oxygen atoms in total. The van der Waals surface area contributed by atoms with Gasteiger partial charge in [0.05, 0.1) is 0 Å². The molecule has 0 radical (unpaired) electrons. The number of hydrogen-bond acceptors (Lipinski definition) is 1. The van der Waals surface area contributed by atoms with Gasteiger partial charge in [0, 0.05) is 25.4 Å². The lowest BCUT2D eigenvalue weighted by atomic mass is 10.0. The van der Waals surface area contributed by atoms with E-state index in [-0.39, 0.29) is 5.82 Å². The van der Waals surface area contributed by atoms with Crippen molar-refractivity contribution >= 4 is 0 Å². The first kappa shape index (κ1) is 8.65. The number of aryl methyl sites for hydroxylation is 2. The summed E-state index contributed by atoms with van der Waals surface area (Å²) in [5.41, 5.74) is 2.31. The first-order valence-electron chi connectivity index (χ1n) is 5.10. The van der Waals surface area contributed by atoms with Crippen molar-refractivity contribution in [2.75, 3.05) is 0 Å². The largest absolute Gasteiger partial charge is 0.334 e. The van der Waals surface area contributed by atoms with Crippen LogP contribution in [0.25, 0.3) is 0 Å². The fourth-order valence-corrected chi connectivity index (χ4v) is 2.12. The van der Waals surface area contributed by atoms with Crippen molar-refractivity contribution in [3.63, 3.8) is 0 Å². The Morgan fingerprint density at radius 1 is 1.27 bits per heavy atom. The van der Waals surface area contributed by atoms with Crippen LogP contribution < -0.4 is 0 Å². The maximum Gasteiger partial charge on any atom is 0.123 e. The van der Waals surface area contributed by atoms with E-state index >= 15 is 0 Å². The highest BCUT2D eigenvalue weighted by Crippen LogP contribution is 2.20. The summed E-state index contributed by atoms with van der Waals surface area (Å²) in [5, 5.41) is 0. The third-order valence-electron chi connectivity index (χ3n) is 2.94. The zero-order valence-electron chi connectivity index (χ0n) is 8.28. The van der Waals surface area contributed by atoms with Gasteiger partial charge in [0.2, 0.25) is 0 Å². The summed E-state index contributed by atoms with van der Waals surface area (Å²) in [6.07, 6.45) is 5.50. The Kier molecular flexibility index (Phi) is 1.84. The molecule has 1 aliphatic heterocycles. The van der Waals surface area contributed by atoms with Gasteiger partial charge in [0.15, 0.2) is 0 Å². The SMILES string of the molecule is Fc1ccc2c(c1)CCn1ccnc1C2. The normalized spacial score (nSPS) is 14.2. The van der Waals surface area contributed by atoms with Crippen molar-refractivity contribution in [1.29, 1.82) is 0 Å². The molecule has 0 bridgehead atoms. The van der Waals surface area contributed by atoms with Crippen LogP contribution in [0.4, 0.5) is 4.39 Å². The van der Waals surface area contributed by atoms with E-state index in [1.165, 1.54) is 11.6 Å². The Labute approximate surface area is 87.4 Å². The molecule has 0 saturated heterocycles. The lowest BCUT2D eigenvalue weighted by Gasteiger charge is -2.03. The Bertz CT molecular complexity index is 502. The van der Waals surface area contributed by atoms with Crippen LogP contribution >= 0.6 is 0 Å². The van der Waals surface area contributed by atoms with Crippen LogP contribution in [-0.2, 0) is 19.4 Å². The number of aromatic nitrogens is 2. The highest BCUT2D eigenvalue weighted by atomic mass is 19.1. The molecule has 3 rings (SSSR count). The van der Waals surface area contributed by atoms with E-state index in [2.05, 4.69) is 9.55 Å². The van der Waals surface area contributed by atoms with Crippen LogP contribution in [0.5, 0.6) is 0 Å². The molecule has 2 heterocycles. The third-order valence-corrected chi connectivity index (χ3v) is 2.94. The van der Waals surface area contributed by atoms with Crippen molar-refractivity contribution in [2.45, 2.75) is 19.4 Å². The molecule has 0 aliphatic carbocycles. The Morgan fingerprint density at radius 2 is 2.20 bits per heavy atom. The monoisotopic (exact) mass is 202 g/mol. The molecular weight excluding hydrogens is 191 g/mol. The molecule has 0 atom stereocenters. The number of halogens is 1. The van der Waals surface area contributed by atoms with Crippen LogP contribution in [0.2, 0.25) is 0 Å². The van der Waals surface area contributed by atoms with Gasteiger partial charge in [0.25, 0.3) is 0 Å². The summed E-state index contributed by atoms with van der Waals surface area (Å²) < 4.78 is 15.2. The lowest BCUT2D eigenvalue weighted by molar-refractivity contribution is 0.622. The summed E-state index contributed by atoms with van der Waals surface area (Å²) in [5.74, 6) is 0.925. The fourth-order valence-electron chi connectivity index (χ4n) is 2.12. The minimum absolute atomic E-state index is 0.145. The first-order valence-corrected chi connectivity index (χ1v) is 5.10. The standard InChI is InChI=1S/C12H11FN2/c13-11-2-1-9-8-12-14-4-6-15(12)5-3-10(9)7-11/h1-2,4,6-7H,3,5,8H2. The zero-order chi connectivity index (χ0) is 10.3. The predicted molar refractivity (Wildman–Crippen MR) is 55.1 cm³/mol. The Morgan fingerprint density at radius 3 is 3.13 bits per heavy atom. The molecule has 0 unspecified atom stereocenters. The predicted octanol–water partition coefficient (Wildman–Crippen LogP) is 2.17. The molecule has 0 N–H and O–H groups in total. The summed E-state index contributed by atoms with van der Waals surface area (Å²) in [6.45, 7) is 0.895. The molecule has 76 valence electrons. The summed E-state index contributed by atoms with van der Waals surface area (Å²) in [4.78, 5) is 4.31. The van der Waals surface area contributed by atoms with Crippen LogP contribution in [0.1, 0.15) is 17.0 Å². The van der Waals surface area contributed by atoms with Gasteiger partial charge in [-0.1, -0.05) is 6.07 Å². The second kappa shape index (κ2) is 3.19. The second-order valence-corrected chi connectivity index (χ2v) is 3.88. The van der Waals surface area contributed by atoms with E-state index in [1.807, 2.05) is 18.5 Å². The molecule has 3 heteroatoms. The molecule has 15 heavy (non-hydrogen) atoms. The minimum atomic E-state index is -0.145. The zero-order valence-corrected chi connectivity index (χ0v) is 8.28. The van der Waals surface area contributed by atoms with Crippen molar-refractivity contribution < 1.29 is 4.39 Å². The highest BCUT2D eigenvalue weighted by Gasteiger charge is 2.13. The first-order chi connectivity index (χ1) is 7.33. The smallest absolute Gasteiger partial charge is 0.123 e. The van der Waals surface area contributed by atoms with Gasteiger partial charge >= 0.3 is 0 Å². The molecule has 0 amide bonds. The minimum Gasteiger partial charge on any atom is -0.334 e. The van der Waals surface area contributed by atoms with Crippen LogP contribution in [0.3, 0.4) is 0 Å². The van der Waals surface area contributed by atoms with E-state index in [0.29, 0.717) is 0 Å². The second-order valence-electron chi connectivity index (χ2n) is 3.88. The van der Waals surface area contributed by atoms with E-state index in [4.69, 9.17) is 0 Å². The molecule has 0 saturated carbocycles. The van der Waals surface area contributed by atoms with E-state index in [0.717, 1.165) is 30.8 Å². The Hall–Kier alpha value is -1.64. The van der Waals surface area contributed by atoms with Crippen LogP contribution in [0, 0.1) is 5.82 Å². The van der Waals surface area contributed by atoms with Gasteiger partial charge < -0.3 is 4.57 Å². The van der Waals surface area contributed by atoms with E-state index in [9.17, 15) is 4.39 Å². The summed E-state index contributed by atoms with van der Waals surface area (Å²) >= 11 is 0. The molecule has 2 aromatic rings. The Balaban J connectivity index is 2.08. The average Bonchev–Trinajstić information content (AvgIpc) is 2.59. The van der Waals surface area contributed by atoms with Gasteiger partial charge in [0.1, 0.15) is 11.6 Å². The molecule has 1 aliphatic rings. The highest BCUT2D eigenvalue weighted by molar-refractivity contribution is 5.32. The van der Waals surface area contributed by atoms with Gasteiger partial charge in [-0.15, -0.1) is 0 Å². The third kappa shape index (κ3) is 1.44. The van der Waals surface area contributed by atoms with Crippen molar-refractivity contribution in [2.24, 2.45) is 0 Å². The number of benzene rings is 1. The van der Waals surface area contributed by atoms with Crippen LogP contribution in [-0.4, -0.2) is 9.55 Å². The van der Waals surface area contributed by atoms with E-state index < -0.39 is 0 Å². The molecule has 0 spiro atoms. The number of fused-ring (bicyclic) bond motifs is 2. The number of rotatable bonds is 0. The lowest BCUT2D eigenvalue weighted by Crippen LogP contribution is -2.00. The molecular formula is C12H11FN2. The number of imidazole rings is 1. The molecule has 1 aromatic heterocycles. The summed E-state index contributed by atoms with van der Waals surface area (Å²) in [7, 11) is 0. The van der Waals surface area contributed by atoms with Gasteiger partial charge in [-0.05, 0) is 29.7 Å². The summed E-state index contributed by atoms with van der Waals surface area (Å²) in [6, 6.07) is 5.04. The maximum absolute atomic E-state index is 13.1. The number of nitrogens with zero attached hydrogens (tertiary/aromatic N) is 2. The van der Waals surface area contributed by atoms with Gasteiger partial charge in [-0.3, -0.25) is 0 Å². The van der Waals surface area contributed by atoms with Gasteiger partial charge in [-0.2, -0.15) is 0 Å². The van der Waals surface area contributed by atoms with Crippen molar-refractivity contribution in [3.05, 3.63) is 53.4 Å². The van der Waals surface area contributed by atoms with E-state index in [1.54, 1.807) is 6.07 Å². The number of hydrogen-bond donors (Lipinski definition) is 0. The van der Waals surface area contributed by atoms with Crippen molar-refractivity contribution in [1.82, 2.24) is 9.55 Å². The fraction of sp³-hybridized carbons (Fsp3) is 0.250. The van der Waals surface area contributed by atoms with Crippen LogP contribution in [0.15, 0.2) is 30.6 Å². The maximum atomic E-state index is 13.1. The molecule has 0 fully saturated rings. The average molecular weight is 202 g/mol. The molecule has 1 aromatic carbocycles. The topological polar surface area (TPSA) is 17.8 Å². The quantitative estimate of drug-likeness (QED) is 0.640.